The molecule has 2 rings (SSSR count). The molecule has 0 aliphatic carbocycles. The first-order valence-electron chi connectivity index (χ1n) is 6.43. The van der Waals surface area contributed by atoms with Gasteiger partial charge in [-0.2, -0.15) is 5.10 Å². The summed E-state index contributed by atoms with van der Waals surface area (Å²) in [5.74, 6) is 0.0730. The minimum Gasteiger partial charge on any atom is -0.480 e. The van der Waals surface area contributed by atoms with E-state index in [0.717, 1.165) is 17.8 Å². The molecule has 0 unspecified atom stereocenters. The highest BCUT2D eigenvalue weighted by molar-refractivity contribution is 5.76. The van der Waals surface area contributed by atoms with Crippen molar-refractivity contribution in [2.45, 2.75) is 20.0 Å². The lowest BCUT2D eigenvalue weighted by atomic mass is 10.2. The predicted molar refractivity (Wildman–Crippen MR) is 75.4 cm³/mol. The number of benzene rings is 1. The molecule has 21 heavy (non-hydrogen) atoms. The zero-order valence-corrected chi connectivity index (χ0v) is 11.8. The van der Waals surface area contributed by atoms with Gasteiger partial charge >= 0.3 is 5.69 Å². The van der Waals surface area contributed by atoms with Crippen LogP contribution in [0.3, 0.4) is 0 Å². The number of nitro groups is 1. The Balaban J connectivity index is 2.23. The third-order valence-electron chi connectivity index (χ3n) is 3.08. The fraction of sp³-hybridized carbons (Fsp3) is 0.286. The summed E-state index contributed by atoms with van der Waals surface area (Å²) in [7, 11) is 1.79. The molecular formula is C14H15N3O4. The Morgan fingerprint density at radius 3 is 2.76 bits per heavy atom. The van der Waals surface area contributed by atoms with E-state index in [1.165, 1.54) is 18.2 Å². The number of nitro benzene ring substituents is 1. The SMILES string of the molecule is CCc1cc(COc2cc(C=O)ccc2[N+](=O)[O-])n(C)n1. The largest absolute Gasteiger partial charge is 0.480 e. The normalized spacial score (nSPS) is 10.4. The Bertz CT molecular complexity index is 679. The Hall–Kier alpha value is -2.70. The third-order valence-corrected chi connectivity index (χ3v) is 3.08. The van der Waals surface area contributed by atoms with Crippen LogP contribution in [0.4, 0.5) is 5.69 Å². The first kappa shape index (κ1) is 14.7. The molecule has 1 aromatic carbocycles. The maximum absolute atomic E-state index is 11.0. The number of ether oxygens (including phenoxy) is 1. The van der Waals surface area contributed by atoms with E-state index in [1.54, 1.807) is 11.7 Å². The summed E-state index contributed by atoms with van der Waals surface area (Å²) in [6, 6.07) is 5.90. The number of rotatable bonds is 6. The maximum atomic E-state index is 11.0. The summed E-state index contributed by atoms with van der Waals surface area (Å²) >= 11 is 0. The van der Waals surface area contributed by atoms with Gasteiger partial charge in [-0.1, -0.05) is 6.92 Å². The summed E-state index contributed by atoms with van der Waals surface area (Å²) in [6.07, 6.45) is 1.42. The average molecular weight is 289 g/mol. The monoisotopic (exact) mass is 289 g/mol. The number of carbonyl (C=O) groups excluding carboxylic acids is 1. The van der Waals surface area contributed by atoms with Crippen molar-refractivity contribution in [2.24, 2.45) is 7.05 Å². The Kier molecular flexibility index (Phi) is 4.32. The highest BCUT2D eigenvalue weighted by atomic mass is 16.6. The van der Waals surface area contributed by atoms with Gasteiger partial charge in [0.1, 0.15) is 12.9 Å². The smallest absolute Gasteiger partial charge is 0.310 e. The summed E-state index contributed by atoms with van der Waals surface area (Å²) in [6.45, 7) is 2.14. The topological polar surface area (TPSA) is 87.3 Å². The summed E-state index contributed by atoms with van der Waals surface area (Å²) in [5.41, 5.74) is 1.89. The van der Waals surface area contributed by atoms with E-state index in [9.17, 15) is 14.9 Å². The van der Waals surface area contributed by atoms with Crippen LogP contribution < -0.4 is 4.74 Å². The van der Waals surface area contributed by atoms with E-state index in [2.05, 4.69) is 5.10 Å². The lowest BCUT2D eigenvalue weighted by molar-refractivity contribution is -0.386. The Morgan fingerprint density at radius 2 is 2.19 bits per heavy atom. The van der Waals surface area contributed by atoms with E-state index < -0.39 is 4.92 Å². The number of aryl methyl sites for hydroxylation is 2. The fourth-order valence-corrected chi connectivity index (χ4v) is 1.90. The van der Waals surface area contributed by atoms with Gasteiger partial charge in [0.2, 0.25) is 0 Å². The molecule has 0 N–H and O–H groups in total. The third kappa shape index (κ3) is 3.25. The van der Waals surface area contributed by atoms with Crippen molar-refractivity contribution in [1.29, 1.82) is 0 Å². The van der Waals surface area contributed by atoms with Crippen LogP contribution in [0.15, 0.2) is 24.3 Å². The van der Waals surface area contributed by atoms with E-state index >= 15 is 0 Å². The highest BCUT2D eigenvalue weighted by Gasteiger charge is 2.16. The lowest BCUT2D eigenvalue weighted by Gasteiger charge is -2.07. The second kappa shape index (κ2) is 6.17. The first-order chi connectivity index (χ1) is 10.0. The molecule has 1 heterocycles. The zero-order valence-electron chi connectivity index (χ0n) is 11.8. The molecule has 0 atom stereocenters. The van der Waals surface area contributed by atoms with Crippen molar-refractivity contribution in [2.75, 3.05) is 0 Å². The van der Waals surface area contributed by atoms with E-state index in [4.69, 9.17) is 4.74 Å². The van der Waals surface area contributed by atoms with Crippen LogP contribution >= 0.6 is 0 Å². The van der Waals surface area contributed by atoms with Crippen molar-refractivity contribution in [3.63, 3.8) is 0 Å². The quantitative estimate of drug-likeness (QED) is 0.462. The van der Waals surface area contributed by atoms with Crippen molar-refractivity contribution < 1.29 is 14.5 Å². The number of hydrogen-bond acceptors (Lipinski definition) is 5. The molecule has 0 saturated heterocycles. The first-order valence-corrected chi connectivity index (χ1v) is 6.43. The molecule has 0 saturated carbocycles. The highest BCUT2D eigenvalue weighted by Crippen LogP contribution is 2.28. The minimum absolute atomic E-state index is 0.0730. The van der Waals surface area contributed by atoms with E-state index in [1.807, 2.05) is 13.0 Å². The molecule has 0 fully saturated rings. The van der Waals surface area contributed by atoms with Crippen LogP contribution in [0.1, 0.15) is 28.7 Å². The molecule has 0 aliphatic rings. The van der Waals surface area contributed by atoms with Crippen molar-refractivity contribution in [3.8, 4) is 5.75 Å². The number of nitrogens with zero attached hydrogens (tertiary/aromatic N) is 3. The Labute approximate surface area is 121 Å². The molecule has 1 aromatic heterocycles. The molecular weight excluding hydrogens is 274 g/mol. The van der Waals surface area contributed by atoms with Gasteiger partial charge in [0.15, 0.2) is 5.75 Å². The molecule has 0 spiro atoms. The minimum atomic E-state index is -0.537. The molecule has 0 aliphatic heterocycles. The second-order valence-electron chi connectivity index (χ2n) is 4.49. The molecule has 0 amide bonds. The molecule has 7 nitrogen and oxygen atoms in total. The zero-order chi connectivity index (χ0) is 15.4. The van der Waals surface area contributed by atoms with Crippen molar-refractivity contribution in [3.05, 3.63) is 51.3 Å². The number of carbonyl (C=O) groups is 1. The van der Waals surface area contributed by atoms with Crippen molar-refractivity contribution >= 4 is 12.0 Å². The molecule has 2 aromatic rings. The fourth-order valence-electron chi connectivity index (χ4n) is 1.90. The lowest BCUT2D eigenvalue weighted by Crippen LogP contribution is -2.04. The second-order valence-corrected chi connectivity index (χ2v) is 4.49. The van der Waals surface area contributed by atoms with Crippen LogP contribution in [0.5, 0.6) is 5.75 Å². The van der Waals surface area contributed by atoms with Gasteiger partial charge in [0.05, 0.1) is 16.3 Å². The number of aromatic nitrogens is 2. The van der Waals surface area contributed by atoms with Crippen LogP contribution in [-0.4, -0.2) is 21.0 Å². The van der Waals surface area contributed by atoms with Crippen LogP contribution in [0, 0.1) is 10.1 Å². The predicted octanol–water partition coefficient (Wildman–Crippen LogP) is 2.28. The van der Waals surface area contributed by atoms with E-state index in [-0.39, 0.29) is 18.0 Å². The van der Waals surface area contributed by atoms with Crippen LogP contribution in [0.25, 0.3) is 0 Å². The van der Waals surface area contributed by atoms with Gasteiger partial charge in [-0.25, -0.2) is 0 Å². The van der Waals surface area contributed by atoms with E-state index in [0.29, 0.717) is 11.8 Å². The molecule has 110 valence electrons. The summed E-state index contributed by atoms with van der Waals surface area (Å²) in [4.78, 5) is 21.2. The molecule has 7 heteroatoms. The maximum Gasteiger partial charge on any atom is 0.310 e. The van der Waals surface area contributed by atoms with Gasteiger partial charge in [0.25, 0.3) is 0 Å². The standard InChI is InChI=1S/C14H15N3O4/c1-3-11-7-12(16(2)15-11)9-21-14-6-10(8-18)4-5-13(14)17(19)20/h4-8H,3,9H2,1-2H3. The van der Waals surface area contributed by atoms with Crippen molar-refractivity contribution in [1.82, 2.24) is 9.78 Å². The van der Waals surface area contributed by atoms with Crippen LogP contribution in [-0.2, 0) is 20.1 Å². The summed E-state index contributed by atoms with van der Waals surface area (Å²) in [5, 5.41) is 15.2. The number of aldehydes is 1. The van der Waals surface area contributed by atoms with Crippen LogP contribution in [0.2, 0.25) is 0 Å². The van der Waals surface area contributed by atoms with Gasteiger partial charge in [0, 0.05) is 18.7 Å². The average Bonchev–Trinajstić information content (AvgIpc) is 2.85. The van der Waals surface area contributed by atoms with Gasteiger partial charge in [-0.15, -0.1) is 0 Å². The Morgan fingerprint density at radius 1 is 1.43 bits per heavy atom. The summed E-state index contributed by atoms with van der Waals surface area (Å²) < 4.78 is 7.18. The van der Waals surface area contributed by atoms with Gasteiger partial charge in [-0.3, -0.25) is 19.6 Å². The molecule has 0 radical (unpaired) electrons. The van der Waals surface area contributed by atoms with Gasteiger partial charge < -0.3 is 4.74 Å². The number of hydrogen-bond donors (Lipinski definition) is 0. The van der Waals surface area contributed by atoms with Gasteiger partial charge in [-0.05, 0) is 24.6 Å². The molecule has 0 bridgehead atoms.